The van der Waals surface area contributed by atoms with E-state index in [2.05, 4.69) is 80.3 Å². The Morgan fingerprint density at radius 1 is 0.218 bits per heavy atom. The summed E-state index contributed by atoms with van der Waals surface area (Å²) >= 11 is 9.75. The molecule has 0 saturated heterocycles. The van der Waals surface area contributed by atoms with Gasteiger partial charge in [-0.3, -0.25) is 62.4 Å². The highest BCUT2D eigenvalue weighted by Gasteiger charge is 2.25. The van der Waals surface area contributed by atoms with Gasteiger partial charge < -0.3 is 71.5 Å². The van der Waals surface area contributed by atoms with Crippen molar-refractivity contribution in [1.82, 2.24) is 19.6 Å². The lowest BCUT2D eigenvalue weighted by atomic mass is 10.1. The van der Waals surface area contributed by atoms with Crippen molar-refractivity contribution in [2.45, 2.75) is 307 Å². The lowest BCUT2D eigenvalue weighted by molar-refractivity contribution is -0.154. The molecule has 0 aliphatic rings. The first-order valence-electron chi connectivity index (χ1n) is 53.1. The first-order chi connectivity index (χ1) is 68.8. The topological polar surface area (TPSA) is 329 Å². The molecule has 0 aromatic heterocycles. The molecule has 0 N–H and O–H groups in total. The summed E-state index contributed by atoms with van der Waals surface area (Å²) in [5, 5.41) is 2.79. The average molecular weight is 2110 g/mol. The molecule has 0 fully saturated rings. The number of hydrogen-bond acceptors (Lipinski definition) is 34. The van der Waals surface area contributed by atoms with Crippen molar-refractivity contribution in [1.29, 1.82) is 0 Å². The lowest BCUT2D eigenvalue weighted by Gasteiger charge is -2.32. The summed E-state index contributed by atoms with van der Waals surface area (Å²) in [5.74, 6) is 14.3. The van der Waals surface area contributed by atoms with Crippen LogP contribution in [0.15, 0.2) is 0 Å². The predicted molar refractivity (Wildman–Crippen MR) is 578 cm³/mol. The maximum atomic E-state index is 13.7. The smallest absolute Gasteiger partial charge is 0.309 e. The normalized spacial score (nSPS) is 12.4. The lowest BCUT2D eigenvalue weighted by Crippen LogP contribution is -2.45. The molecule has 0 bridgehead atoms. The highest BCUT2D eigenvalue weighted by molar-refractivity contribution is 8.04. The number of rotatable bonds is 98. The zero-order valence-electron chi connectivity index (χ0n) is 88.8. The van der Waals surface area contributed by atoms with Gasteiger partial charge in [0, 0.05) is 113 Å². The van der Waals surface area contributed by atoms with Gasteiger partial charge in [-0.15, -0.1) is 6.42 Å². The van der Waals surface area contributed by atoms with Gasteiger partial charge >= 0.3 is 71.6 Å². The standard InChI is InChI=1S/C108H182N4O24S6/c1-13-19-25-31-37-43-79-137-85-91(7)103(119)131-73-67-125-97(113)49-55-109(56-50-98(114)126-68-74-132-104(120)92(8)86-138-80-44-38-32-26-20-14-2)61-64-112(65-62-110(57-51-99(115)127-69-75-133-105(121)93(9)87-139-81-45-39-33-27-21-15-3)58-52-100(116)128-70-76-134-106(122)94(10)88-140-82-46-40-34-28-22-16-4)66-63-111(59-53-101(117)129-71-77-135-107(123)95(11)89-141-83-47-41-35-29-23-17-5)60-54-102(118)130-72-78-136-108(124)96(12)90-142-84-48-42-36-30-24-18-6/h1,91-96H,14-18,20-24,26-30,32-36,38-42,44-78,80-90H2,2-12H3. The van der Waals surface area contributed by atoms with Gasteiger partial charge in [-0.2, -0.15) is 58.8 Å². The van der Waals surface area contributed by atoms with Gasteiger partial charge in [-0.25, -0.2) is 0 Å². The summed E-state index contributed by atoms with van der Waals surface area (Å²) in [6, 6.07) is 0. The summed E-state index contributed by atoms with van der Waals surface area (Å²) in [6.45, 7) is 21.4. The number of hydrogen-bond donors (Lipinski definition) is 0. The van der Waals surface area contributed by atoms with Crippen molar-refractivity contribution in [3.8, 4) is 47.2 Å². The summed E-state index contributed by atoms with van der Waals surface area (Å²) < 4.78 is 66.9. The average Bonchev–Trinajstić information content (AvgIpc) is 0.905. The minimum atomic E-state index is -0.624. The Labute approximate surface area is 881 Å². The summed E-state index contributed by atoms with van der Waals surface area (Å²) in [7, 11) is 0. The second kappa shape index (κ2) is 99.4. The van der Waals surface area contributed by atoms with Gasteiger partial charge in [-0.05, 0) is 102 Å². The van der Waals surface area contributed by atoms with Crippen molar-refractivity contribution in [3.63, 3.8) is 0 Å². The summed E-state index contributed by atoms with van der Waals surface area (Å²) in [5.41, 5.74) is 0. The molecule has 0 aliphatic heterocycles. The van der Waals surface area contributed by atoms with Crippen LogP contribution in [0.3, 0.4) is 0 Å². The molecule has 142 heavy (non-hydrogen) atoms. The van der Waals surface area contributed by atoms with Crippen molar-refractivity contribution >= 4 is 142 Å². The van der Waals surface area contributed by atoms with Crippen LogP contribution < -0.4 is 0 Å². The Morgan fingerprint density at radius 3 is 0.592 bits per heavy atom. The Balaban J connectivity index is 7.61. The molecule has 0 aliphatic carbocycles. The Morgan fingerprint density at radius 2 is 0.387 bits per heavy atom. The Kier molecular flexibility index (Phi) is 95.1. The van der Waals surface area contributed by atoms with Crippen LogP contribution in [0, 0.1) is 82.7 Å². The van der Waals surface area contributed by atoms with Gasteiger partial charge in [0.15, 0.2) is 0 Å². The second-order valence-electron chi connectivity index (χ2n) is 36.0. The van der Waals surface area contributed by atoms with Crippen LogP contribution in [0.4, 0.5) is 0 Å². The number of terminal acetylenes is 1. The van der Waals surface area contributed by atoms with E-state index in [0.29, 0.717) is 34.5 Å². The van der Waals surface area contributed by atoms with E-state index in [1.807, 2.05) is 49.3 Å². The number of thioether (sulfide) groups is 6. The maximum Gasteiger partial charge on any atom is 0.309 e. The molecule has 0 rings (SSSR count). The van der Waals surface area contributed by atoms with E-state index in [4.69, 9.17) is 63.3 Å². The maximum absolute atomic E-state index is 13.7. The van der Waals surface area contributed by atoms with Crippen LogP contribution in [0.5, 0.6) is 0 Å². The molecule has 0 spiro atoms. The summed E-state index contributed by atoms with van der Waals surface area (Å²) in [4.78, 5) is 168. The number of unbranched alkanes of at least 4 members (excludes halogenated alkanes) is 25. The van der Waals surface area contributed by atoms with E-state index in [-0.39, 0.29) is 250 Å². The molecular weight excluding hydrogens is 1930 g/mol. The predicted octanol–water partition coefficient (Wildman–Crippen LogP) is 18.7. The highest BCUT2D eigenvalue weighted by Crippen LogP contribution is 2.22. The molecule has 6 atom stereocenters. The number of ether oxygens (including phenoxy) is 12. The Hall–Kier alpha value is -6.18. The minimum absolute atomic E-state index is 0.0649. The summed E-state index contributed by atoms with van der Waals surface area (Å²) in [6.07, 6.45) is 39.5. The number of carbonyl (C=O) groups is 12. The van der Waals surface area contributed by atoms with Crippen molar-refractivity contribution in [2.24, 2.45) is 35.5 Å². The molecule has 814 valence electrons. The largest absolute Gasteiger partial charge is 0.462 e. The molecular formula is C108H182N4O24S6. The number of nitrogens with zero attached hydrogens (tertiary/aromatic N) is 4. The van der Waals surface area contributed by atoms with Crippen LogP contribution in [0.1, 0.15) is 307 Å². The van der Waals surface area contributed by atoms with E-state index < -0.39 is 53.7 Å². The fourth-order valence-electron chi connectivity index (χ4n) is 13.7. The fraction of sp³-hybridized carbons (Fsp3) is 0.815. The Bertz CT molecular complexity index is 3290. The zero-order chi connectivity index (χ0) is 105. The molecule has 0 amide bonds. The van der Waals surface area contributed by atoms with Crippen LogP contribution in [-0.4, -0.2) is 312 Å². The van der Waals surface area contributed by atoms with Crippen LogP contribution in [-0.2, 0) is 114 Å². The van der Waals surface area contributed by atoms with E-state index in [0.717, 1.165) is 93.0 Å². The molecule has 0 aromatic rings. The van der Waals surface area contributed by atoms with Gasteiger partial charge in [-0.1, -0.05) is 248 Å². The molecule has 34 heteroatoms. The van der Waals surface area contributed by atoms with Gasteiger partial charge in [0.05, 0.1) is 74.0 Å². The second-order valence-corrected chi connectivity index (χ2v) is 42.6. The third-order valence-electron chi connectivity index (χ3n) is 22.8. The minimum Gasteiger partial charge on any atom is -0.462 e. The SMILES string of the molecule is C#CC#CC#CC#CSCC(C)C(=O)OCCOC(=O)CCN(CCC(=O)OCCOC(=O)C(C)CSCCCCCCCC)CCN(CCN(CCC(=O)OCCOC(=O)C(C)CSCCCCCCCC)CCC(=O)OCCOC(=O)C(C)CSCCCCCCCC)CCN(CCC(=O)OCCOC(=O)C(C)CSCCCCCCCC)CCC(=O)OCCOC(=O)C(C)CSCCCCCCCC. The molecule has 6 unspecified atom stereocenters. The van der Waals surface area contributed by atoms with Gasteiger partial charge in [0.25, 0.3) is 0 Å². The monoisotopic (exact) mass is 2110 g/mol. The van der Waals surface area contributed by atoms with Crippen molar-refractivity contribution in [2.75, 3.05) is 221 Å². The van der Waals surface area contributed by atoms with E-state index >= 15 is 0 Å². The van der Waals surface area contributed by atoms with E-state index in [1.165, 1.54) is 140 Å². The van der Waals surface area contributed by atoms with Gasteiger partial charge in [0.2, 0.25) is 0 Å². The van der Waals surface area contributed by atoms with Crippen molar-refractivity contribution in [3.05, 3.63) is 0 Å². The molecule has 0 aromatic carbocycles. The number of carbonyl (C=O) groups excluding carboxylic acids is 12. The highest BCUT2D eigenvalue weighted by atomic mass is 32.2. The van der Waals surface area contributed by atoms with E-state index in [9.17, 15) is 57.5 Å². The first kappa shape index (κ1) is 136. The molecule has 0 radical (unpaired) electrons. The zero-order valence-corrected chi connectivity index (χ0v) is 93.7. The van der Waals surface area contributed by atoms with Crippen molar-refractivity contribution < 1.29 is 114 Å². The fourth-order valence-corrected chi connectivity index (χ4v) is 19.7. The first-order valence-corrected chi connectivity index (χ1v) is 59.9. The number of esters is 12. The quantitative estimate of drug-likeness (QED) is 0.0236. The third kappa shape index (κ3) is 86.9. The van der Waals surface area contributed by atoms with Crippen LogP contribution in [0.25, 0.3) is 0 Å². The molecule has 0 heterocycles. The molecule has 0 saturated carbocycles. The van der Waals surface area contributed by atoms with Crippen LogP contribution in [0.2, 0.25) is 0 Å². The van der Waals surface area contributed by atoms with Crippen LogP contribution >= 0.6 is 70.6 Å². The van der Waals surface area contributed by atoms with E-state index in [1.54, 1.807) is 65.7 Å². The molecule has 28 nitrogen and oxygen atoms in total. The van der Waals surface area contributed by atoms with Gasteiger partial charge in [0.1, 0.15) is 79.3 Å². The third-order valence-corrected chi connectivity index (χ3v) is 30.3.